The van der Waals surface area contributed by atoms with Crippen molar-refractivity contribution in [3.8, 4) is 11.8 Å². The van der Waals surface area contributed by atoms with Crippen molar-refractivity contribution in [3.63, 3.8) is 0 Å². The lowest BCUT2D eigenvalue weighted by atomic mass is 10.2. The Morgan fingerprint density at radius 3 is 2.68 bits per heavy atom. The molecule has 0 atom stereocenters. The highest BCUT2D eigenvalue weighted by Gasteiger charge is 2.12. The first-order valence-electron chi connectivity index (χ1n) is 5.25. The first kappa shape index (κ1) is 16.1. The Morgan fingerprint density at radius 2 is 2.16 bits per heavy atom. The fourth-order valence-electron chi connectivity index (χ4n) is 1.22. The van der Waals surface area contributed by atoms with Gasteiger partial charge in [-0.05, 0) is 18.2 Å². The van der Waals surface area contributed by atoms with Crippen molar-refractivity contribution in [1.29, 1.82) is 0 Å². The zero-order chi connectivity index (χ0) is 14.5. The van der Waals surface area contributed by atoms with E-state index in [1.54, 1.807) is 0 Å². The summed E-state index contributed by atoms with van der Waals surface area (Å²) >= 11 is 7.03. The molecule has 0 fully saturated rings. The van der Waals surface area contributed by atoms with Gasteiger partial charge in [0, 0.05) is 24.7 Å². The maximum Gasteiger partial charge on any atom is 0.239 e. The van der Waals surface area contributed by atoms with E-state index in [4.69, 9.17) is 16.7 Å². The molecule has 0 aliphatic heterocycles. The summed E-state index contributed by atoms with van der Waals surface area (Å²) < 4.78 is 22.3. The van der Waals surface area contributed by atoms with E-state index in [1.165, 1.54) is 36.9 Å². The Kier molecular flexibility index (Phi) is 5.88. The lowest BCUT2D eigenvalue weighted by Crippen LogP contribution is -2.12. The second-order valence-corrected chi connectivity index (χ2v) is 6.79. The van der Waals surface area contributed by atoms with E-state index < -0.39 is 10.0 Å². The SMILES string of the molecule is CC(=O)SCCC#Cc1ccc(S(N)(=O)=O)c(Cl)c1. The van der Waals surface area contributed by atoms with Crippen LogP contribution in [0.1, 0.15) is 18.9 Å². The quantitative estimate of drug-likeness (QED) is 0.683. The van der Waals surface area contributed by atoms with Gasteiger partial charge in [0.2, 0.25) is 10.0 Å². The van der Waals surface area contributed by atoms with Gasteiger partial charge in [0.05, 0.1) is 5.02 Å². The number of benzene rings is 1. The van der Waals surface area contributed by atoms with Crippen molar-refractivity contribution < 1.29 is 13.2 Å². The molecule has 0 radical (unpaired) electrons. The van der Waals surface area contributed by atoms with E-state index in [9.17, 15) is 13.2 Å². The van der Waals surface area contributed by atoms with E-state index in [2.05, 4.69) is 11.8 Å². The van der Waals surface area contributed by atoms with Crippen LogP contribution in [0.3, 0.4) is 0 Å². The molecular weight excluding hydrogens is 306 g/mol. The van der Waals surface area contributed by atoms with Crippen molar-refractivity contribution in [1.82, 2.24) is 0 Å². The third kappa shape index (κ3) is 5.66. The highest BCUT2D eigenvalue weighted by atomic mass is 35.5. The van der Waals surface area contributed by atoms with Gasteiger partial charge in [0.1, 0.15) is 4.90 Å². The number of halogens is 1. The molecule has 0 saturated heterocycles. The molecule has 7 heteroatoms. The van der Waals surface area contributed by atoms with Gasteiger partial charge in [-0.3, -0.25) is 4.79 Å². The van der Waals surface area contributed by atoms with Crippen LogP contribution in [0, 0.1) is 11.8 Å². The number of nitrogens with two attached hydrogens (primary N) is 1. The summed E-state index contributed by atoms with van der Waals surface area (Å²) in [6.07, 6.45) is 0.568. The number of hydrogen-bond acceptors (Lipinski definition) is 4. The van der Waals surface area contributed by atoms with E-state index in [-0.39, 0.29) is 15.0 Å². The van der Waals surface area contributed by atoms with Crippen molar-refractivity contribution in [2.75, 3.05) is 5.75 Å². The number of primary sulfonamides is 1. The summed E-state index contributed by atoms with van der Waals surface area (Å²) in [5.41, 5.74) is 0.602. The summed E-state index contributed by atoms with van der Waals surface area (Å²) in [6.45, 7) is 1.50. The largest absolute Gasteiger partial charge is 0.288 e. The smallest absolute Gasteiger partial charge is 0.239 e. The van der Waals surface area contributed by atoms with Gasteiger partial charge >= 0.3 is 0 Å². The lowest BCUT2D eigenvalue weighted by molar-refractivity contribution is -0.109. The molecule has 0 saturated carbocycles. The Labute approximate surface area is 121 Å². The Bertz CT molecular complexity index is 645. The Morgan fingerprint density at radius 1 is 1.47 bits per heavy atom. The minimum atomic E-state index is -3.81. The van der Waals surface area contributed by atoms with Gasteiger partial charge in [-0.15, -0.1) is 0 Å². The topological polar surface area (TPSA) is 77.2 Å². The minimum absolute atomic E-state index is 0.0485. The molecule has 0 spiro atoms. The number of carbonyl (C=O) groups excluding carboxylic acids is 1. The fourth-order valence-corrected chi connectivity index (χ4v) is 2.80. The van der Waals surface area contributed by atoms with Crippen LogP contribution in [0.2, 0.25) is 5.02 Å². The average molecular weight is 318 g/mol. The van der Waals surface area contributed by atoms with Crippen LogP contribution in [0.25, 0.3) is 0 Å². The number of carbonyl (C=O) groups is 1. The summed E-state index contributed by atoms with van der Waals surface area (Å²) in [5, 5.41) is 5.10. The molecule has 0 aliphatic rings. The van der Waals surface area contributed by atoms with Gasteiger partial charge in [-0.25, -0.2) is 13.6 Å². The molecule has 0 amide bonds. The number of thioether (sulfide) groups is 1. The number of rotatable bonds is 3. The van der Waals surface area contributed by atoms with E-state index in [0.717, 1.165) is 0 Å². The average Bonchev–Trinajstić information content (AvgIpc) is 2.26. The zero-order valence-corrected chi connectivity index (χ0v) is 12.5. The predicted molar refractivity (Wildman–Crippen MR) is 77.5 cm³/mol. The minimum Gasteiger partial charge on any atom is -0.288 e. The summed E-state index contributed by atoms with van der Waals surface area (Å²) in [6, 6.07) is 4.31. The highest BCUT2D eigenvalue weighted by Crippen LogP contribution is 2.21. The summed E-state index contributed by atoms with van der Waals surface area (Å²) in [5.74, 6) is 6.35. The number of hydrogen-bond donors (Lipinski definition) is 1. The Hall–Kier alpha value is -1.00. The van der Waals surface area contributed by atoms with Crippen LogP contribution in [-0.4, -0.2) is 19.3 Å². The molecule has 0 aliphatic carbocycles. The molecule has 1 rings (SSSR count). The molecule has 1 aromatic carbocycles. The maximum absolute atomic E-state index is 11.2. The van der Waals surface area contributed by atoms with Crippen LogP contribution in [0.15, 0.2) is 23.1 Å². The highest BCUT2D eigenvalue weighted by molar-refractivity contribution is 8.13. The molecule has 0 aromatic heterocycles. The van der Waals surface area contributed by atoms with Crippen molar-refractivity contribution in [2.24, 2.45) is 5.14 Å². The van der Waals surface area contributed by atoms with Crippen molar-refractivity contribution in [2.45, 2.75) is 18.2 Å². The van der Waals surface area contributed by atoms with E-state index >= 15 is 0 Å². The van der Waals surface area contributed by atoms with Crippen molar-refractivity contribution >= 4 is 38.5 Å². The van der Waals surface area contributed by atoms with Crippen molar-refractivity contribution in [3.05, 3.63) is 28.8 Å². The molecule has 1 aromatic rings. The number of sulfonamides is 1. The fraction of sp³-hybridized carbons (Fsp3) is 0.250. The standard InChI is InChI=1S/C12H12ClNO3S2/c1-9(15)18-7-3-2-4-10-5-6-12(11(13)8-10)19(14,16)17/h5-6,8H,3,7H2,1H3,(H2,14,16,17). The molecule has 0 bridgehead atoms. The molecule has 2 N–H and O–H groups in total. The molecule has 0 unspecified atom stereocenters. The third-order valence-electron chi connectivity index (χ3n) is 2.00. The van der Waals surface area contributed by atoms with E-state index in [0.29, 0.717) is 17.7 Å². The zero-order valence-electron chi connectivity index (χ0n) is 10.1. The Balaban J connectivity index is 2.75. The van der Waals surface area contributed by atoms with E-state index in [1.807, 2.05) is 0 Å². The molecule has 19 heavy (non-hydrogen) atoms. The van der Waals surface area contributed by atoms with Crippen LogP contribution in [0.4, 0.5) is 0 Å². The summed E-state index contributed by atoms with van der Waals surface area (Å²) in [7, 11) is -3.81. The first-order chi connectivity index (χ1) is 8.80. The second-order valence-electron chi connectivity index (χ2n) is 3.58. The molecule has 4 nitrogen and oxygen atoms in total. The van der Waals surface area contributed by atoms with Gasteiger partial charge in [-0.2, -0.15) is 0 Å². The van der Waals surface area contributed by atoms with Gasteiger partial charge in [-0.1, -0.05) is 35.2 Å². The third-order valence-corrected chi connectivity index (χ3v) is 4.21. The lowest BCUT2D eigenvalue weighted by Gasteiger charge is -2.01. The van der Waals surface area contributed by atoms with Crippen LogP contribution in [0.5, 0.6) is 0 Å². The molecule has 0 heterocycles. The summed E-state index contributed by atoms with van der Waals surface area (Å²) in [4.78, 5) is 10.6. The van der Waals surface area contributed by atoms with Crippen LogP contribution in [-0.2, 0) is 14.8 Å². The van der Waals surface area contributed by atoms with Gasteiger partial charge < -0.3 is 0 Å². The van der Waals surface area contributed by atoms with Crippen LogP contribution < -0.4 is 5.14 Å². The first-order valence-corrected chi connectivity index (χ1v) is 8.16. The normalized spacial score (nSPS) is 10.7. The maximum atomic E-state index is 11.2. The predicted octanol–water partition coefficient (Wildman–Crippen LogP) is 2.01. The monoisotopic (exact) mass is 317 g/mol. The second kappa shape index (κ2) is 6.96. The molecular formula is C12H12ClNO3S2. The van der Waals surface area contributed by atoms with Gasteiger partial charge in [0.25, 0.3) is 0 Å². The molecule has 102 valence electrons. The van der Waals surface area contributed by atoms with Crippen LogP contribution >= 0.6 is 23.4 Å². The van der Waals surface area contributed by atoms with Gasteiger partial charge in [0.15, 0.2) is 5.12 Å².